The van der Waals surface area contributed by atoms with Crippen LogP contribution in [0.1, 0.15) is 39.0 Å². The van der Waals surface area contributed by atoms with Gasteiger partial charge in [-0.25, -0.2) is 4.79 Å². The molecule has 6 nitrogen and oxygen atoms in total. The molecule has 2 aliphatic heterocycles. The highest BCUT2D eigenvalue weighted by atomic mass is 16.5. The van der Waals surface area contributed by atoms with Gasteiger partial charge in [-0.2, -0.15) is 0 Å². The summed E-state index contributed by atoms with van der Waals surface area (Å²) in [5, 5.41) is 2.32. The molecule has 3 rings (SSSR count). The maximum Gasteiger partial charge on any atom is 0.330 e. The van der Waals surface area contributed by atoms with Crippen LogP contribution in [-0.2, 0) is 14.3 Å². The fourth-order valence-corrected chi connectivity index (χ4v) is 3.14. The fourth-order valence-electron chi connectivity index (χ4n) is 3.14. The Morgan fingerprint density at radius 1 is 1.21 bits per heavy atom. The number of urea groups is 1. The highest BCUT2D eigenvalue weighted by Gasteiger charge is 2.58. The van der Waals surface area contributed by atoms with E-state index in [1.807, 2.05) is 6.92 Å². The Bertz CT molecular complexity index is 450. The molecule has 1 spiro atoms. The van der Waals surface area contributed by atoms with Crippen molar-refractivity contribution in [2.24, 2.45) is 5.41 Å². The molecular formula is C13H18N2O4. The molecule has 1 N–H and O–H groups in total. The van der Waals surface area contributed by atoms with E-state index in [9.17, 15) is 14.4 Å². The minimum atomic E-state index is -0.983. The van der Waals surface area contributed by atoms with Crippen molar-refractivity contribution in [2.75, 3.05) is 13.2 Å². The van der Waals surface area contributed by atoms with Gasteiger partial charge in [0, 0.05) is 6.61 Å². The van der Waals surface area contributed by atoms with Crippen LogP contribution in [0.4, 0.5) is 4.79 Å². The summed E-state index contributed by atoms with van der Waals surface area (Å²) in [6.07, 6.45) is 3.70. The molecule has 2 saturated heterocycles. The smallest absolute Gasteiger partial charge is 0.330 e. The molecule has 0 bridgehead atoms. The third kappa shape index (κ3) is 1.77. The number of hydrogen-bond acceptors (Lipinski definition) is 4. The third-order valence-corrected chi connectivity index (χ3v) is 4.55. The van der Waals surface area contributed by atoms with Gasteiger partial charge in [0.15, 0.2) is 0 Å². The van der Waals surface area contributed by atoms with Gasteiger partial charge in [0.25, 0.3) is 0 Å². The molecular weight excluding hydrogens is 248 g/mol. The van der Waals surface area contributed by atoms with E-state index in [-0.39, 0.29) is 12.5 Å². The zero-order valence-corrected chi connectivity index (χ0v) is 11.0. The monoisotopic (exact) mass is 266 g/mol. The van der Waals surface area contributed by atoms with Gasteiger partial charge in [0.05, 0.1) is 12.1 Å². The Hall–Kier alpha value is -1.43. The number of ether oxygens (including phenoxy) is 1. The van der Waals surface area contributed by atoms with Crippen molar-refractivity contribution in [3.05, 3.63) is 0 Å². The molecule has 0 aromatic heterocycles. The molecule has 4 amide bonds. The fraction of sp³-hybridized carbons (Fsp3) is 0.769. The summed E-state index contributed by atoms with van der Waals surface area (Å²) in [6.45, 7) is 2.79. The number of nitrogens with zero attached hydrogens (tertiary/aromatic N) is 1. The lowest BCUT2D eigenvalue weighted by atomic mass is 9.66. The Labute approximate surface area is 111 Å². The number of rotatable bonds is 2. The van der Waals surface area contributed by atoms with Crippen molar-refractivity contribution in [1.29, 1.82) is 0 Å². The Balaban J connectivity index is 1.82. The molecule has 0 aromatic carbocycles. The van der Waals surface area contributed by atoms with Crippen LogP contribution in [0.5, 0.6) is 0 Å². The molecule has 1 atom stereocenters. The van der Waals surface area contributed by atoms with Crippen LogP contribution >= 0.6 is 0 Å². The van der Waals surface area contributed by atoms with Gasteiger partial charge in [0.1, 0.15) is 5.41 Å². The van der Waals surface area contributed by atoms with Crippen LogP contribution in [0.3, 0.4) is 0 Å². The quantitative estimate of drug-likeness (QED) is 0.750. The van der Waals surface area contributed by atoms with E-state index < -0.39 is 23.0 Å². The third-order valence-electron chi connectivity index (χ3n) is 4.55. The molecule has 1 unspecified atom stereocenters. The zero-order valence-electron chi connectivity index (χ0n) is 11.0. The van der Waals surface area contributed by atoms with Crippen LogP contribution in [0.15, 0.2) is 0 Å². The topological polar surface area (TPSA) is 75.7 Å². The molecule has 1 aliphatic carbocycles. The van der Waals surface area contributed by atoms with Crippen LogP contribution in [0, 0.1) is 5.41 Å². The summed E-state index contributed by atoms with van der Waals surface area (Å²) >= 11 is 0. The SMILES string of the molecule is CC1(CN2C(=O)NC(=O)C3(CCC3)C2=O)CCCO1. The maximum absolute atomic E-state index is 12.5. The Morgan fingerprint density at radius 3 is 2.47 bits per heavy atom. The predicted molar refractivity (Wildman–Crippen MR) is 65.1 cm³/mol. The summed E-state index contributed by atoms with van der Waals surface area (Å²) in [5.74, 6) is -0.772. The molecule has 2 heterocycles. The summed E-state index contributed by atoms with van der Waals surface area (Å²) in [7, 11) is 0. The minimum absolute atomic E-state index is 0.229. The lowest BCUT2D eigenvalue weighted by molar-refractivity contribution is -0.159. The average molecular weight is 266 g/mol. The van der Waals surface area contributed by atoms with Crippen molar-refractivity contribution >= 4 is 17.8 Å². The van der Waals surface area contributed by atoms with Crippen LogP contribution < -0.4 is 5.32 Å². The molecule has 3 fully saturated rings. The average Bonchev–Trinajstić information content (AvgIpc) is 2.70. The highest BCUT2D eigenvalue weighted by molar-refractivity contribution is 6.19. The van der Waals surface area contributed by atoms with Gasteiger partial charge in [-0.1, -0.05) is 6.42 Å². The second-order valence-electron chi connectivity index (χ2n) is 5.99. The number of amides is 4. The van der Waals surface area contributed by atoms with E-state index in [0.29, 0.717) is 19.4 Å². The number of nitrogens with one attached hydrogen (secondary N) is 1. The second-order valence-corrected chi connectivity index (χ2v) is 5.99. The number of carbonyl (C=O) groups excluding carboxylic acids is 3. The van der Waals surface area contributed by atoms with Gasteiger partial charge >= 0.3 is 6.03 Å². The van der Waals surface area contributed by atoms with Gasteiger partial charge in [0.2, 0.25) is 11.8 Å². The molecule has 104 valence electrons. The standard InChI is InChI=1S/C13H18N2O4/c1-12(4-3-7-19-12)8-15-10(17)13(5-2-6-13)9(16)14-11(15)18/h2-8H2,1H3,(H,14,16,18). The summed E-state index contributed by atoms with van der Waals surface area (Å²) in [4.78, 5) is 37.4. The number of imide groups is 2. The van der Waals surface area contributed by atoms with Gasteiger partial charge in [-0.3, -0.25) is 19.8 Å². The van der Waals surface area contributed by atoms with Crippen molar-refractivity contribution in [1.82, 2.24) is 10.2 Å². The first-order valence-corrected chi connectivity index (χ1v) is 6.78. The molecule has 19 heavy (non-hydrogen) atoms. The van der Waals surface area contributed by atoms with Crippen LogP contribution in [0.25, 0.3) is 0 Å². The molecule has 0 radical (unpaired) electrons. The second kappa shape index (κ2) is 4.03. The first kappa shape index (κ1) is 12.6. The van der Waals surface area contributed by atoms with E-state index >= 15 is 0 Å². The van der Waals surface area contributed by atoms with Gasteiger partial charge < -0.3 is 4.74 Å². The maximum atomic E-state index is 12.5. The van der Waals surface area contributed by atoms with Crippen molar-refractivity contribution in [3.8, 4) is 0 Å². The summed E-state index contributed by atoms with van der Waals surface area (Å²) in [6, 6.07) is -0.607. The van der Waals surface area contributed by atoms with Gasteiger partial charge in [-0.15, -0.1) is 0 Å². The van der Waals surface area contributed by atoms with E-state index in [1.165, 1.54) is 4.90 Å². The Kier molecular flexibility index (Phi) is 2.67. The lowest BCUT2D eigenvalue weighted by Gasteiger charge is -2.45. The van der Waals surface area contributed by atoms with Gasteiger partial charge in [-0.05, 0) is 32.6 Å². The number of carbonyl (C=O) groups is 3. The lowest BCUT2D eigenvalue weighted by Crippen LogP contribution is -2.67. The Morgan fingerprint density at radius 2 is 1.95 bits per heavy atom. The highest BCUT2D eigenvalue weighted by Crippen LogP contribution is 2.45. The first-order chi connectivity index (χ1) is 8.97. The van der Waals surface area contributed by atoms with Crippen molar-refractivity contribution < 1.29 is 19.1 Å². The molecule has 1 saturated carbocycles. The van der Waals surface area contributed by atoms with E-state index in [0.717, 1.165) is 19.3 Å². The number of barbiturate groups is 1. The zero-order chi connectivity index (χ0) is 13.7. The van der Waals surface area contributed by atoms with Crippen molar-refractivity contribution in [2.45, 2.75) is 44.6 Å². The van der Waals surface area contributed by atoms with Crippen LogP contribution in [0.2, 0.25) is 0 Å². The summed E-state index contributed by atoms with van der Waals surface area (Å²) in [5.41, 5.74) is -1.46. The van der Waals surface area contributed by atoms with E-state index in [2.05, 4.69) is 5.32 Å². The van der Waals surface area contributed by atoms with E-state index in [1.54, 1.807) is 0 Å². The number of hydrogen-bond donors (Lipinski definition) is 1. The molecule has 0 aromatic rings. The predicted octanol–water partition coefficient (Wildman–Crippen LogP) is 0.804. The largest absolute Gasteiger partial charge is 0.373 e. The first-order valence-electron chi connectivity index (χ1n) is 6.78. The van der Waals surface area contributed by atoms with E-state index in [4.69, 9.17) is 4.74 Å². The normalized spacial score (nSPS) is 33.5. The van der Waals surface area contributed by atoms with Crippen molar-refractivity contribution in [3.63, 3.8) is 0 Å². The molecule has 6 heteroatoms. The molecule has 3 aliphatic rings. The minimum Gasteiger partial charge on any atom is -0.373 e. The van der Waals surface area contributed by atoms with Crippen LogP contribution in [-0.4, -0.2) is 41.5 Å². The summed E-state index contributed by atoms with van der Waals surface area (Å²) < 4.78 is 5.63.